The summed E-state index contributed by atoms with van der Waals surface area (Å²) in [4.78, 5) is 36.2. The molecule has 0 unspecified atom stereocenters. The molecule has 6 rings (SSSR count). The average molecular weight is 611 g/mol. The Bertz CT molecular complexity index is 1860. The number of pyridine rings is 2. The van der Waals surface area contributed by atoms with Gasteiger partial charge in [0, 0.05) is 35.0 Å². The molecule has 0 fully saturated rings. The molecule has 0 aliphatic rings. The van der Waals surface area contributed by atoms with Crippen molar-refractivity contribution in [3.05, 3.63) is 120 Å². The Morgan fingerprint density at radius 2 is 0.957 bits per heavy atom. The van der Waals surface area contributed by atoms with Crippen LogP contribution >= 0.6 is 0 Å². The number of unbranched alkanes of at least 4 members (excludes halogenated alkanes) is 1. The third kappa shape index (κ3) is 6.66. The lowest BCUT2D eigenvalue weighted by Gasteiger charge is -2.12. The first kappa shape index (κ1) is 30.3. The van der Waals surface area contributed by atoms with E-state index in [0.29, 0.717) is 48.4 Å². The molecule has 6 aromatic rings. The van der Waals surface area contributed by atoms with E-state index >= 15 is 0 Å². The summed E-state index contributed by atoms with van der Waals surface area (Å²) in [5, 5.41) is 7.69. The van der Waals surface area contributed by atoms with Crippen molar-refractivity contribution in [2.24, 2.45) is 0 Å². The van der Waals surface area contributed by atoms with E-state index in [0.717, 1.165) is 44.4 Å². The van der Waals surface area contributed by atoms with E-state index in [1.165, 1.54) is 0 Å². The summed E-state index contributed by atoms with van der Waals surface area (Å²) in [6.07, 6.45) is 1.41. The molecule has 0 spiro atoms. The van der Waals surface area contributed by atoms with Crippen LogP contribution in [0.4, 0.5) is 0 Å². The molecule has 4 aromatic carbocycles. The number of ether oxygens (including phenoxy) is 2. The van der Waals surface area contributed by atoms with E-state index in [1.807, 2.05) is 109 Å². The number of carbonyl (C=O) groups excluding carboxylic acids is 2. The number of nitrogens with zero attached hydrogens (tertiary/aromatic N) is 2. The van der Waals surface area contributed by atoms with Gasteiger partial charge in [0.1, 0.15) is 11.5 Å². The number of nitrogens with one attached hydrogen (secondary N) is 2. The van der Waals surface area contributed by atoms with Crippen LogP contribution in [0, 0.1) is 0 Å². The standard InChI is InChI=1S/C38H34N4O4/c1-45-27-17-13-25(14-18-27)35-23-31(29-9-3-5-11-33(29)41-35)37(43)39-21-7-8-22-40-38(44)32-24-36(26-15-19-28(46-2)20-16-26)42-34-12-6-4-10-30(32)34/h3-6,9-20,23-24H,7-8,21-22H2,1-2H3,(H,39,43)(H,40,44). The van der Waals surface area contributed by atoms with Gasteiger partial charge >= 0.3 is 0 Å². The molecule has 230 valence electrons. The number of methoxy groups -OCH3 is 2. The maximum atomic E-state index is 13.3. The van der Waals surface area contributed by atoms with E-state index in [2.05, 4.69) is 10.6 Å². The second-order valence-corrected chi connectivity index (χ2v) is 10.8. The normalized spacial score (nSPS) is 10.9. The number of hydrogen-bond acceptors (Lipinski definition) is 6. The number of carbonyl (C=O) groups is 2. The largest absolute Gasteiger partial charge is 0.497 e. The Balaban J connectivity index is 1.08. The van der Waals surface area contributed by atoms with Gasteiger partial charge in [-0.05, 0) is 85.6 Å². The molecule has 2 amide bonds. The molecule has 0 aliphatic heterocycles. The van der Waals surface area contributed by atoms with Crippen molar-refractivity contribution in [2.45, 2.75) is 12.8 Å². The minimum atomic E-state index is -0.160. The van der Waals surface area contributed by atoms with E-state index in [9.17, 15) is 9.59 Å². The van der Waals surface area contributed by atoms with Crippen molar-refractivity contribution >= 4 is 33.6 Å². The van der Waals surface area contributed by atoms with Crippen molar-refractivity contribution in [1.29, 1.82) is 0 Å². The van der Waals surface area contributed by atoms with Gasteiger partial charge in [0.25, 0.3) is 11.8 Å². The molecule has 0 radical (unpaired) electrons. The van der Waals surface area contributed by atoms with E-state index in [1.54, 1.807) is 14.2 Å². The maximum absolute atomic E-state index is 13.3. The SMILES string of the molecule is COc1ccc(-c2cc(C(=O)NCCCCNC(=O)c3cc(-c4ccc(OC)cc4)nc4ccccc34)c3ccccc3n2)cc1. The van der Waals surface area contributed by atoms with Crippen molar-refractivity contribution < 1.29 is 19.1 Å². The molecule has 0 saturated heterocycles. The Morgan fingerprint density at radius 1 is 0.565 bits per heavy atom. The van der Waals surface area contributed by atoms with Crippen molar-refractivity contribution in [3.8, 4) is 34.0 Å². The Hall–Kier alpha value is -5.76. The predicted octanol–water partition coefficient (Wildman–Crippen LogP) is 7.07. The quantitative estimate of drug-likeness (QED) is 0.152. The van der Waals surface area contributed by atoms with Crippen LogP contribution < -0.4 is 20.1 Å². The third-order valence-electron chi connectivity index (χ3n) is 7.87. The number of para-hydroxylation sites is 2. The molecule has 46 heavy (non-hydrogen) atoms. The van der Waals surface area contributed by atoms with Crippen LogP contribution in [-0.2, 0) is 0 Å². The molecule has 0 saturated carbocycles. The van der Waals surface area contributed by atoms with Crippen LogP contribution in [0.25, 0.3) is 44.3 Å². The monoisotopic (exact) mass is 610 g/mol. The van der Waals surface area contributed by atoms with Gasteiger partial charge in [-0.25, -0.2) is 9.97 Å². The van der Waals surface area contributed by atoms with E-state index in [-0.39, 0.29) is 11.8 Å². The zero-order chi connectivity index (χ0) is 31.9. The first-order chi connectivity index (χ1) is 22.5. The van der Waals surface area contributed by atoms with Crippen LogP contribution in [0.15, 0.2) is 109 Å². The smallest absolute Gasteiger partial charge is 0.252 e. The second kappa shape index (κ2) is 13.9. The van der Waals surface area contributed by atoms with Crippen molar-refractivity contribution in [3.63, 3.8) is 0 Å². The predicted molar refractivity (Wildman–Crippen MR) is 181 cm³/mol. The fraction of sp³-hybridized carbons (Fsp3) is 0.158. The van der Waals surface area contributed by atoms with Crippen molar-refractivity contribution in [1.82, 2.24) is 20.6 Å². The Kier molecular flexibility index (Phi) is 9.15. The highest BCUT2D eigenvalue weighted by Gasteiger charge is 2.16. The summed E-state index contributed by atoms with van der Waals surface area (Å²) in [5.74, 6) is 1.19. The third-order valence-corrected chi connectivity index (χ3v) is 7.87. The second-order valence-electron chi connectivity index (χ2n) is 10.8. The molecule has 8 nitrogen and oxygen atoms in total. The molecule has 8 heteroatoms. The lowest BCUT2D eigenvalue weighted by molar-refractivity contribution is 0.0941. The van der Waals surface area contributed by atoms with Gasteiger partial charge in [-0.3, -0.25) is 9.59 Å². The molecule has 0 bridgehead atoms. The molecule has 0 atom stereocenters. The highest BCUT2D eigenvalue weighted by molar-refractivity contribution is 6.08. The molecule has 2 N–H and O–H groups in total. The minimum absolute atomic E-state index is 0.160. The van der Waals surface area contributed by atoms with E-state index < -0.39 is 0 Å². The van der Waals surface area contributed by atoms with Gasteiger partial charge in [-0.15, -0.1) is 0 Å². The molecule has 2 heterocycles. The summed E-state index contributed by atoms with van der Waals surface area (Å²) >= 11 is 0. The zero-order valence-electron chi connectivity index (χ0n) is 25.7. The van der Waals surface area contributed by atoms with Gasteiger partial charge in [-0.1, -0.05) is 36.4 Å². The van der Waals surface area contributed by atoms with Crippen LogP contribution in [0.5, 0.6) is 11.5 Å². The average Bonchev–Trinajstić information content (AvgIpc) is 3.12. The zero-order valence-corrected chi connectivity index (χ0v) is 25.7. The fourth-order valence-electron chi connectivity index (χ4n) is 5.39. The Labute approximate surface area is 267 Å². The summed E-state index contributed by atoms with van der Waals surface area (Å²) < 4.78 is 10.6. The lowest BCUT2D eigenvalue weighted by Crippen LogP contribution is -2.27. The summed E-state index contributed by atoms with van der Waals surface area (Å²) in [6.45, 7) is 0.950. The van der Waals surface area contributed by atoms with Crippen LogP contribution in [0.3, 0.4) is 0 Å². The minimum Gasteiger partial charge on any atom is -0.497 e. The van der Waals surface area contributed by atoms with Gasteiger partial charge < -0.3 is 20.1 Å². The number of benzene rings is 4. The number of fused-ring (bicyclic) bond motifs is 2. The van der Waals surface area contributed by atoms with Crippen LogP contribution in [0.2, 0.25) is 0 Å². The number of aromatic nitrogens is 2. The number of hydrogen-bond donors (Lipinski definition) is 2. The summed E-state index contributed by atoms with van der Waals surface area (Å²) in [7, 11) is 3.25. The first-order valence-electron chi connectivity index (χ1n) is 15.2. The van der Waals surface area contributed by atoms with Crippen LogP contribution in [0.1, 0.15) is 33.6 Å². The van der Waals surface area contributed by atoms with Gasteiger partial charge in [-0.2, -0.15) is 0 Å². The lowest BCUT2D eigenvalue weighted by atomic mass is 10.0. The molecular weight excluding hydrogens is 576 g/mol. The molecule has 0 aliphatic carbocycles. The highest BCUT2D eigenvalue weighted by Crippen LogP contribution is 2.28. The number of amides is 2. The summed E-state index contributed by atoms with van der Waals surface area (Å²) in [6, 6.07) is 34.2. The first-order valence-corrected chi connectivity index (χ1v) is 15.2. The number of rotatable bonds is 11. The Morgan fingerprint density at radius 3 is 1.35 bits per heavy atom. The van der Waals surface area contributed by atoms with Crippen molar-refractivity contribution in [2.75, 3.05) is 27.3 Å². The van der Waals surface area contributed by atoms with E-state index in [4.69, 9.17) is 19.4 Å². The highest BCUT2D eigenvalue weighted by atomic mass is 16.5. The van der Waals surface area contributed by atoms with Gasteiger partial charge in [0.2, 0.25) is 0 Å². The van der Waals surface area contributed by atoms with Crippen LogP contribution in [-0.4, -0.2) is 49.1 Å². The molecular formula is C38H34N4O4. The van der Waals surface area contributed by atoms with Gasteiger partial charge in [0.05, 0.1) is 47.8 Å². The fourth-order valence-corrected chi connectivity index (χ4v) is 5.39. The topological polar surface area (TPSA) is 102 Å². The maximum Gasteiger partial charge on any atom is 0.252 e. The summed E-state index contributed by atoms with van der Waals surface area (Å²) in [5.41, 5.74) is 5.87. The van der Waals surface area contributed by atoms with Gasteiger partial charge in [0.15, 0.2) is 0 Å². The molecule has 2 aromatic heterocycles.